The summed E-state index contributed by atoms with van der Waals surface area (Å²) < 4.78 is 0. The van der Waals surface area contributed by atoms with Crippen molar-refractivity contribution < 1.29 is 9.59 Å². The normalized spacial score (nSPS) is 13.4. The van der Waals surface area contributed by atoms with Gasteiger partial charge in [-0.3, -0.25) is 14.6 Å². The number of benzene rings is 4. The van der Waals surface area contributed by atoms with Gasteiger partial charge in [0, 0.05) is 40.8 Å². The summed E-state index contributed by atoms with van der Waals surface area (Å²) in [6.45, 7) is 0. The molecule has 41 heavy (non-hydrogen) atoms. The van der Waals surface area contributed by atoms with E-state index in [9.17, 15) is 9.59 Å². The van der Waals surface area contributed by atoms with Crippen molar-refractivity contribution in [1.29, 1.82) is 0 Å². The maximum absolute atomic E-state index is 12.7. The zero-order valence-corrected chi connectivity index (χ0v) is 21.7. The molecular weight excluding hydrogens is 508 g/mol. The highest BCUT2D eigenvalue weighted by atomic mass is 16.2. The van der Waals surface area contributed by atoms with Gasteiger partial charge in [-0.1, -0.05) is 66.7 Å². The second kappa shape index (κ2) is 8.89. The SMILES string of the molecule is O=C1C(=Cc2ccc(-c3ccc4c5c(cccc35)-c3ccccc3N4c3ccccc3)cn2)C(=O)c2nccnc21. The summed E-state index contributed by atoms with van der Waals surface area (Å²) in [6.07, 6.45) is 6.13. The highest BCUT2D eigenvalue weighted by Gasteiger charge is 2.35. The summed E-state index contributed by atoms with van der Waals surface area (Å²) in [6, 6.07) is 33.5. The van der Waals surface area contributed by atoms with E-state index >= 15 is 0 Å². The molecule has 0 atom stereocenters. The quantitative estimate of drug-likeness (QED) is 0.174. The lowest BCUT2D eigenvalue weighted by molar-refractivity contribution is 0.0988. The van der Waals surface area contributed by atoms with E-state index in [1.54, 1.807) is 6.20 Å². The van der Waals surface area contributed by atoms with Crippen LogP contribution in [-0.2, 0) is 0 Å². The first-order valence-corrected chi connectivity index (χ1v) is 13.3. The minimum atomic E-state index is -0.421. The van der Waals surface area contributed by atoms with Crippen LogP contribution in [0.15, 0.2) is 121 Å². The first-order valence-electron chi connectivity index (χ1n) is 13.3. The lowest BCUT2D eigenvalue weighted by Gasteiger charge is -2.34. The Kier molecular flexibility index (Phi) is 5.02. The van der Waals surface area contributed by atoms with Crippen LogP contribution in [0.3, 0.4) is 0 Å². The van der Waals surface area contributed by atoms with Gasteiger partial charge in [-0.15, -0.1) is 0 Å². The summed E-state index contributed by atoms with van der Waals surface area (Å²) in [5, 5.41) is 2.30. The number of nitrogens with zero attached hydrogens (tertiary/aromatic N) is 4. The average molecular weight is 529 g/mol. The van der Waals surface area contributed by atoms with Crippen LogP contribution in [0.4, 0.5) is 17.1 Å². The van der Waals surface area contributed by atoms with Crippen molar-refractivity contribution >= 4 is 45.5 Å². The minimum Gasteiger partial charge on any atom is -0.309 e. The van der Waals surface area contributed by atoms with E-state index in [1.165, 1.54) is 35.0 Å². The standard InChI is InChI=1S/C35H20N4O2/c40-34-28(35(41)33-32(34)36-17-18-37-33)19-22-14-13-21(20-38-22)24-15-16-30-31-26(24)10-6-11-27(31)25-9-4-5-12-29(25)39(30)23-7-2-1-3-8-23/h1-20H. The number of allylic oxidation sites excluding steroid dienone is 1. The third-order valence-electron chi connectivity index (χ3n) is 7.72. The molecule has 2 aromatic heterocycles. The van der Waals surface area contributed by atoms with Crippen molar-refractivity contribution in [3.63, 3.8) is 0 Å². The highest BCUT2D eigenvalue weighted by molar-refractivity contribution is 6.40. The number of rotatable bonds is 3. The fraction of sp³-hybridized carbons (Fsp3) is 0. The van der Waals surface area contributed by atoms with Gasteiger partial charge in [0.15, 0.2) is 0 Å². The number of carbonyl (C=O) groups is 2. The maximum atomic E-state index is 12.7. The number of carbonyl (C=O) groups excluding carboxylic acids is 2. The van der Waals surface area contributed by atoms with Gasteiger partial charge in [0.05, 0.1) is 22.6 Å². The van der Waals surface area contributed by atoms with E-state index in [0.29, 0.717) is 5.69 Å². The van der Waals surface area contributed by atoms with E-state index < -0.39 is 11.6 Å². The third kappa shape index (κ3) is 3.47. The van der Waals surface area contributed by atoms with Gasteiger partial charge in [-0.25, -0.2) is 9.97 Å². The van der Waals surface area contributed by atoms with Crippen LogP contribution in [0.2, 0.25) is 0 Å². The van der Waals surface area contributed by atoms with Crippen LogP contribution in [0, 0.1) is 0 Å². The van der Waals surface area contributed by atoms with Gasteiger partial charge >= 0.3 is 0 Å². The number of anilines is 3. The highest BCUT2D eigenvalue weighted by Crippen LogP contribution is 2.52. The zero-order chi connectivity index (χ0) is 27.5. The van der Waals surface area contributed by atoms with Crippen molar-refractivity contribution in [1.82, 2.24) is 15.0 Å². The van der Waals surface area contributed by atoms with E-state index in [2.05, 4.69) is 98.7 Å². The average Bonchev–Trinajstić information content (AvgIpc) is 3.27. The van der Waals surface area contributed by atoms with Gasteiger partial charge in [0.1, 0.15) is 11.4 Å². The zero-order valence-electron chi connectivity index (χ0n) is 21.7. The molecule has 8 rings (SSSR count). The molecule has 0 fully saturated rings. The summed E-state index contributed by atoms with van der Waals surface area (Å²) in [5.74, 6) is -0.841. The lowest BCUT2D eigenvalue weighted by Crippen LogP contribution is -2.15. The Labute approximate surface area is 235 Å². The first kappa shape index (κ1) is 23.2. The first-order chi connectivity index (χ1) is 20.2. The van der Waals surface area contributed by atoms with E-state index in [0.717, 1.165) is 33.6 Å². The van der Waals surface area contributed by atoms with Gasteiger partial charge in [0.25, 0.3) is 0 Å². The predicted molar refractivity (Wildman–Crippen MR) is 160 cm³/mol. The molecule has 0 N–H and O–H groups in total. The van der Waals surface area contributed by atoms with Gasteiger partial charge in [-0.05, 0) is 52.9 Å². The third-order valence-corrected chi connectivity index (χ3v) is 7.72. The number of aromatic nitrogens is 3. The number of ketones is 2. The Bertz CT molecular complexity index is 2050. The monoisotopic (exact) mass is 528 g/mol. The fourth-order valence-electron chi connectivity index (χ4n) is 5.89. The van der Waals surface area contributed by atoms with Crippen LogP contribution in [-0.4, -0.2) is 26.5 Å². The van der Waals surface area contributed by atoms with Crippen LogP contribution >= 0.6 is 0 Å². The van der Waals surface area contributed by atoms with Gasteiger partial charge in [0.2, 0.25) is 11.6 Å². The maximum Gasteiger partial charge on any atom is 0.217 e. The second-order valence-electron chi connectivity index (χ2n) is 9.99. The molecule has 0 amide bonds. The number of hydrogen-bond donors (Lipinski definition) is 0. The fourth-order valence-corrected chi connectivity index (χ4v) is 5.89. The van der Waals surface area contributed by atoms with Gasteiger partial charge in [-0.2, -0.15) is 0 Å². The second-order valence-corrected chi connectivity index (χ2v) is 9.99. The molecule has 0 saturated heterocycles. The van der Waals surface area contributed by atoms with E-state index in [1.807, 2.05) is 18.2 Å². The minimum absolute atomic E-state index is 0.0349. The molecule has 2 aliphatic rings. The Morgan fingerprint density at radius 3 is 2.07 bits per heavy atom. The van der Waals surface area contributed by atoms with Crippen molar-refractivity contribution in [2.75, 3.05) is 4.90 Å². The number of Topliss-reactive ketones (excluding diaryl/α,β-unsaturated/α-hetero) is 2. The van der Waals surface area contributed by atoms with Crippen LogP contribution in [0.25, 0.3) is 39.1 Å². The molecule has 192 valence electrons. The molecule has 3 heterocycles. The largest absolute Gasteiger partial charge is 0.309 e. The van der Waals surface area contributed by atoms with E-state index in [-0.39, 0.29) is 17.0 Å². The molecule has 1 aliphatic carbocycles. The molecule has 4 aromatic carbocycles. The van der Waals surface area contributed by atoms with Crippen molar-refractivity contribution in [3.05, 3.63) is 138 Å². The molecule has 6 nitrogen and oxygen atoms in total. The van der Waals surface area contributed by atoms with Crippen molar-refractivity contribution in [2.24, 2.45) is 0 Å². The summed E-state index contributed by atoms with van der Waals surface area (Å²) in [5.41, 5.74) is 8.48. The van der Waals surface area contributed by atoms with Crippen molar-refractivity contribution in [2.45, 2.75) is 0 Å². The van der Waals surface area contributed by atoms with Crippen molar-refractivity contribution in [3.8, 4) is 22.3 Å². The molecule has 0 unspecified atom stereocenters. The Morgan fingerprint density at radius 2 is 1.32 bits per heavy atom. The molecular formula is C35H20N4O2. The molecule has 6 aromatic rings. The Morgan fingerprint density at radius 1 is 0.585 bits per heavy atom. The summed E-state index contributed by atoms with van der Waals surface area (Å²) >= 11 is 0. The summed E-state index contributed by atoms with van der Waals surface area (Å²) in [7, 11) is 0. The molecule has 1 aliphatic heterocycles. The molecule has 0 spiro atoms. The van der Waals surface area contributed by atoms with Crippen LogP contribution in [0.1, 0.15) is 26.7 Å². The van der Waals surface area contributed by atoms with Crippen LogP contribution < -0.4 is 4.90 Å². The molecule has 0 saturated carbocycles. The predicted octanol–water partition coefficient (Wildman–Crippen LogP) is 7.60. The number of hydrogen-bond acceptors (Lipinski definition) is 6. The number of para-hydroxylation sites is 2. The Balaban J connectivity index is 1.24. The Hall–Kier alpha value is -5.75. The number of pyridine rings is 1. The number of fused-ring (bicyclic) bond motifs is 3. The summed E-state index contributed by atoms with van der Waals surface area (Å²) in [4.78, 5) is 40.5. The topological polar surface area (TPSA) is 76.1 Å². The molecule has 6 heteroatoms. The molecule has 0 bridgehead atoms. The smallest absolute Gasteiger partial charge is 0.217 e. The van der Waals surface area contributed by atoms with Crippen LogP contribution in [0.5, 0.6) is 0 Å². The lowest BCUT2D eigenvalue weighted by atomic mass is 9.88. The molecule has 0 radical (unpaired) electrons. The van der Waals surface area contributed by atoms with E-state index in [4.69, 9.17) is 0 Å². The van der Waals surface area contributed by atoms with Gasteiger partial charge < -0.3 is 4.90 Å².